The highest BCUT2D eigenvalue weighted by Gasteiger charge is 2.22. The fourth-order valence-corrected chi connectivity index (χ4v) is 1.95. The van der Waals surface area contributed by atoms with Crippen LogP contribution in [0.3, 0.4) is 0 Å². The van der Waals surface area contributed by atoms with Crippen LogP contribution in [0.4, 0.5) is 0 Å². The Morgan fingerprint density at radius 3 is 3.07 bits per heavy atom. The molecule has 1 aliphatic heterocycles. The molecule has 80 valence electrons. The van der Waals surface area contributed by atoms with Gasteiger partial charge in [-0.3, -0.25) is 4.90 Å². The molecule has 4 heteroatoms. The zero-order valence-electron chi connectivity index (χ0n) is 8.52. The van der Waals surface area contributed by atoms with E-state index in [9.17, 15) is 0 Å². The Morgan fingerprint density at radius 2 is 2.47 bits per heavy atom. The molecular formula is C11H14N2O2. The Labute approximate surface area is 88.7 Å². The Kier molecular flexibility index (Phi) is 3.05. The summed E-state index contributed by atoms with van der Waals surface area (Å²) in [6.45, 7) is 2.91. The molecule has 0 saturated carbocycles. The maximum Gasteiger partial charge on any atom is 0.203 e. The molecule has 1 atom stereocenters. The number of rotatable bonds is 3. The molecule has 0 aromatic carbocycles. The van der Waals surface area contributed by atoms with Crippen molar-refractivity contribution in [3.05, 3.63) is 23.7 Å². The maximum atomic E-state index is 9.00. The molecule has 2 rings (SSSR count). The first kappa shape index (κ1) is 10.2. The van der Waals surface area contributed by atoms with Gasteiger partial charge < -0.3 is 9.52 Å². The van der Waals surface area contributed by atoms with Crippen LogP contribution in [0.15, 0.2) is 16.5 Å². The number of furan rings is 1. The summed E-state index contributed by atoms with van der Waals surface area (Å²) in [6, 6.07) is 5.49. The van der Waals surface area contributed by atoms with E-state index in [1.807, 2.05) is 12.1 Å². The molecule has 0 amide bonds. The van der Waals surface area contributed by atoms with Crippen LogP contribution in [0, 0.1) is 17.2 Å². The lowest BCUT2D eigenvalue weighted by atomic mass is 10.1. The topological polar surface area (TPSA) is 60.4 Å². The summed E-state index contributed by atoms with van der Waals surface area (Å²) >= 11 is 0. The normalized spacial score (nSPS) is 21.7. The highest BCUT2D eigenvalue weighted by molar-refractivity contribution is 5.19. The average Bonchev–Trinajstić information content (AvgIpc) is 2.87. The molecule has 1 fully saturated rings. The third-order valence-electron chi connectivity index (χ3n) is 2.78. The van der Waals surface area contributed by atoms with Crippen molar-refractivity contribution in [3.8, 4) is 6.07 Å². The Morgan fingerprint density at radius 1 is 1.60 bits per heavy atom. The highest BCUT2D eigenvalue weighted by atomic mass is 16.3. The monoisotopic (exact) mass is 206 g/mol. The second-order valence-electron chi connectivity index (χ2n) is 3.95. The van der Waals surface area contributed by atoms with Gasteiger partial charge in [0.2, 0.25) is 5.76 Å². The van der Waals surface area contributed by atoms with Crippen LogP contribution in [-0.4, -0.2) is 29.7 Å². The van der Waals surface area contributed by atoms with E-state index in [2.05, 4.69) is 4.90 Å². The van der Waals surface area contributed by atoms with E-state index in [1.54, 1.807) is 6.07 Å². The van der Waals surface area contributed by atoms with Crippen LogP contribution in [-0.2, 0) is 6.54 Å². The van der Waals surface area contributed by atoms with Gasteiger partial charge in [0.05, 0.1) is 6.54 Å². The Balaban J connectivity index is 1.90. The number of nitrogens with zero attached hydrogens (tertiary/aromatic N) is 2. The summed E-state index contributed by atoms with van der Waals surface area (Å²) in [7, 11) is 0. The van der Waals surface area contributed by atoms with Gasteiger partial charge in [-0.05, 0) is 31.0 Å². The minimum atomic E-state index is 0.262. The molecule has 1 aromatic heterocycles. The third-order valence-corrected chi connectivity index (χ3v) is 2.78. The number of hydrogen-bond donors (Lipinski definition) is 1. The fourth-order valence-electron chi connectivity index (χ4n) is 1.95. The van der Waals surface area contributed by atoms with Gasteiger partial charge in [0, 0.05) is 13.2 Å². The van der Waals surface area contributed by atoms with Crippen LogP contribution in [0.1, 0.15) is 17.9 Å². The van der Waals surface area contributed by atoms with Gasteiger partial charge in [0.1, 0.15) is 11.8 Å². The molecule has 1 aliphatic rings. The zero-order chi connectivity index (χ0) is 10.7. The van der Waals surface area contributed by atoms with E-state index >= 15 is 0 Å². The number of aliphatic hydroxyl groups is 1. The summed E-state index contributed by atoms with van der Waals surface area (Å²) in [5, 5.41) is 17.6. The van der Waals surface area contributed by atoms with E-state index in [1.165, 1.54) is 0 Å². The minimum Gasteiger partial charge on any atom is -0.449 e. The summed E-state index contributed by atoms with van der Waals surface area (Å²) in [4.78, 5) is 2.24. The lowest BCUT2D eigenvalue weighted by Crippen LogP contribution is -2.20. The van der Waals surface area contributed by atoms with E-state index < -0.39 is 0 Å². The summed E-state index contributed by atoms with van der Waals surface area (Å²) < 4.78 is 5.30. The van der Waals surface area contributed by atoms with Crippen molar-refractivity contribution in [2.24, 2.45) is 5.92 Å². The van der Waals surface area contributed by atoms with Gasteiger partial charge in [-0.15, -0.1) is 0 Å². The van der Waals surface area contributed by atoms with Gasteiger partial charge >= 0.3 is 0 Å². The van der Waals surface area contributed by atoms with E-state index in [0.29, 0.717) is 11.7 Å². The predicted octanol–water partition coefficient (Wildman–Crippen LogP) is 0.965. The van der Waals surface area contributed by atoms with Crippen LogP contribution >= 0.6 is 0 Å². The van der Waals surface area contributed by atoms with Crippen LogP contribution in [0.25, 0.3) is 0 Å². The molecule has 0 bridgehead atoms. The second kappa shape index (κ2) is 4.47. The van der Waals surface area contributed by atoms with Crippen molar-refractivity contribution in [3.63, 3.8) is 0 Å². The highest BCUT2D eigenvalue weighted by Crippen LogP contribution is 2.18. The molecular weight excluding hydrogens is 192 g/mol. The number of likely N-dealkylation sites (tertiary alicyclic amines) is 1. The van der Waals surface area contributed by atoms with E-state index in [-0.39, 0.29) is 6.61 Å². The van der Waals surface area contributed by atoms with Crippen LogP contribution in [0.5, 0.6) is 0 Å². The summed E-state index contributed by atoms with van der Waals surface area (Å²) in [5.41, 5.74) is 0. The smallest absolute Gasteiger partial charge is 0.203 e. The number of hydrogen-bond acceptors (Lipinski definition) is 4. The molecule has 1 N–H and O–H groups in total. The van der Waals surface area contributed by atoms with E-state index in [0.717, 1.165) is 31.8 Å². The zero-order valence-corrected chi connectivity index (χ0v) is 8.52. The average molecular weight is 206 g/mol. The Hall–Kier alpha value is -1.31. The lowest BCUT2D eigenvalue weighted by Gasteiger charge is -2.13. The second-order valence-corrected chi connectivity index (χ2v) is 3.95. The summed E-state index contributed by atoms with van der Waals surface area (Å²) in [6.07, 6.45) is 1.04. The van der Waals surface area contributed by atoms with Crippen molar-refractivity contribution >= 4 is 0 Å². The maximum absolute atomic E-state index is 9.00. The number of aliphatic hydroxyl groups excluding tert-OH is 1. The van der Waals surface area contributed by atoms with E-state index in [4.69, 9.17) is 14.8 Å². The van der Waals surface area contributed by atoms with Crippen molar-refractivity contribution in [2.45, 2.75) is 13.0 Å². The SMILES string of the molecule is N#Cc1ccc(CN2CCC(CO)C2)o1. The quantitative estimate of drug-likeness (QED) is 0.800. The Bertz CT molecular complexity index is 367. The van der Waals surface area contributed by atoms with Gasteiger partial charge in [0.25, 0.3) is 0 Å². The molecule has 1 aromatic rings. The predicted molar refractivity (Wildman–Crippen MR) is 53.9 cm³/mol. The molecule has 2 heterocycles. The van der Waals surface area contributed by atoms with Crippen molar-refractivity contribution < 1.29 is 9.52 Å². The van der Waals surface area contributed by atoms with Gasteiger partial charge in [-0.2, -0.15) is 5.26 Å². The molecule has 0 radical (unpaired) electrons. The fraction of sp³-hybridized carbons (Fsp3) is 0.545. The first-order valence-electron chi connectivity index (χ1n) is 5.14. The molecule has 0 spiro atoms. The third kappa shape index (κ3) is 2.38. The van der Waals surface area contributed by atoms with Crippen molar-refractivity contribution in [1.82, 2.24) is 4.90 Å². The van der Waals surface area contributed by atoms with Gasteiger partial charge in [-0.1, -0.05) is 0 Å². The van der Waals surface area contributed by atoms with Crippen LogP contribution in [0.2, 0.25) is 0 Å². The first-order valence-corrected chi connectivity index (χ1v) is 5.14. The first-order chi connectivity index (χ1) is 7.31. The molecule has 1 saturated heterocycles. The van der Waals surface area contributed by atoms with Crippen molar-refractivity contribution in [2.75, 3.05) is 19.7 Å². The van der Waals surface area contributed by atoms with Crippen LogP contribution < -0.4 is 0 Å². The summed E-state index contributed by atoms with van der Waals surface area (Å²) in [5.74, 6) is 1.59. The van der Waals surface area contributed by atoms with Gasteiger partial charge in [-0.25, -0.2) is 0 Å². The van der Waals surface area contributed by atoms with Gasteiger partial charge in [0.15, 0.2) is 0 Å². The minimum absolute atomic E-state index is 0.262. The molecule has 1 unspecified atom stereocenters. The standard InChI is InChI=1S/C11H14N2O2/c12-5-10-1-2-11(15-10)7-13-4-3-9(6-13)8-14/h1-2,9,14H,3-4,6-8H2. The molecule has 15 heavy (non-hydrogen) atoms. The molecule has 4 nitrogen and oxygen atoms in total. The largest absolute Gasteiger partial charge is 0.449 e. The lowest BCUT2D eigenvalue weighted by molar-refractivity contribution is 0.216. The van der Waals surface area contributed by atoms with Crippen molar-refractivity contribution in [1.29, 1.82) is 5.26 Å². The number of nitriles is 1. The molecule has 0 aliphatic carbocycles.